The Hall–Kier alpha value is -3.21. The van der Waals surface area contributed by atoms with Gasteiger partial charge in [0.1, 0.15) is 0 Å². The topological polar surface area (TPSA) is 125 Å². The fourth-order valence-corrected chi connectivity index (χ4v) is 4.57. The molecule has 0 saturated heterocycles. The van der Waals surface area contributed by atoms with Gasteiger partial charge >= 0.3 is 5.69 Å². The van der Waals surface area contributed by atoms with Gasteiger partial charge in [-0.3, -0.25) is 18.7 Å². The smallest absolute Gasteiger partial charge is 0.326 e. The average Bonchev–Trinajstić information content (AvgIpc) is 3.04. The lowest BCUT2D eigenvalue weighted by Gasteiger charge is -2.09. The van der Waals surface area contributed by atoms with Crippen molar-refractivity contribution in [2.24, 2.45) is 21.1 Å². The number of amides is 1. The average molecular weight is 433 g/mol. The van der Waals surface area contributed by atoms with E-state index in [-0.39, 0.29) is 22.7 Å². The summed E-state index contributed by atoms with van der Waals surface area (Å²) in [6.07, 6.45) is -0.282. The molecule has 160 valence electrons. The Morgan fingerprint density at radius 2 is 1.70 bits per heavy atom. The van der Waals surface area contributed by atoms with Crippen LogP contribution in [0.4, 0.5) is 5.69 Å². The van der Waals surface area contributed by atoms with Crippen LogP contribution in [-0.2, 0) is 35.8 Å². The molecule has 0 aliphatic rings. The van der Waals surface area contributed by atoms with Crippen LogP contribution in [-0.4, -0.2) is 38.8 Å². The first kappa shape index (κ1) is 21.5. The van der Waals surface area contributed by atoms with Crippen LogP contribution in [0.3, 0.4) is 0 Å². The minimum Gasteiger partial charge on any atom is -0.326 e. The standard InChI is InChI=1S/C19H23N5O5S/c1-11-6-7-13(10-12(11)2)20-14(25)8-9-30(28,29)18-21-15-16(22(18)3)23(4)19(27)24(5)17(15)26/h6-7,10H,8-9H2,1-5H3,(H,20,25). The molecule has 0 spiro atoms. The van der Waals surface area contributed by atoms with E-state index in [1.165, 1.54) is 25.7 Å². The van der Waals surface area contributed by atoms with Gasteiger partial charge in [-0.1, -0.05) is 6.07 Å². The maximum atomic E-state index is 12.8. The summed E-state index contributed by atoms with van der Waals surface area (Å²) in [6.45, 7) is 3.87. The number of sulfone groups is 1. The second-order valence-electron chi connectivity index (χ2n) is 7.25. The Balaban J connectivity index is 1.87. The molecule has 1 aromatic carbocycles. The predicted molar refractivity (Wildman–Crippen MR) is 112 cm³/mol. The minimum atomic E-state index is -3.99. The molecule has 0 aliphatic heterocycles. The lowest BCUT2D eigenvalue weighted by molar-refractivity contribution is -0.115. The molecule has 11 heteroatoms. The largest absolute Gasteiger partial charge is 0.332 e. The Morgan fingerprint density at radius 1 is 1.03 bits per heavy atom. The van der Waals surface area contributed by atoms with E-state index in [9.17, 15) is 22.8 Å². The molecule has 3 aromatic rings. The van der Waals surface area contributed by atoms with E-state index < -0.39 is 32.7 Å². The van der Waals surface area contributed by atoms with Gasteiger partial charge in [0.25, 0.3) is 5.56 Å². The molecule has 2 heterocycles. The number of rotatable bonds is 5. The van der Waals surface area contributed by atoms with E-state index >= 15 is 0 Å². The van der Waals surface area contributed by atoms with E-state index in [1.54, 1.807) is 6.07 Å². The number of nitrogens with one attached hydrogen (secondary N) is 1. The summed E-state index contributed by atoms with van der Waals surface area (Å²) < 4.78 is 28.8. The minimum absolute atomic E-state index is 0.0984. The fourth-order valence-electron chi connectivity index (χ4n) is 3.20. The van der Waals surface area contributed by atoms with Crippen molar-refractivity contribution in [1.29, 1.82) is 0 Å². The molecule has 0 unspecified atom stereocenters. The number of aromatic nitrogens is 4. The van der Waals surface area contributed by atoms with Gasteiger partial charge in [0.15, 0.2) is 11.2 Å². The van der Waals surface area contributed by atoms with Gasteiger partial charge in [-0.2, -0.15) is 0 Å². The van der Waals surface area contributed by atoms with Gasteiger partial charge in [0.05, 0.1) is 5.75 Å². The summed E-state index contributed by atoms with van der Waals surface area (Å²) in [5, 5.41) is 2.31. The van der Waals surface area contributed by atoms with Crippen LogP contribution in [0.25, 0.3) is 11.2 Å². The summed E-state index contributed by atoms with van der Waals surface area (Å²) in [7, 11) is 0.152. The highest BCUT2D eigenvalue weighted by Gasteiger charge is 2.26. The van der Waals surface area contributed by atoms with E-state index in [2.05, 4.69) is 10.3 Å². The fraction of sp³-hybridized carbons (Fsp3) is 0.368. The van der Waals surface area contributed by atoms with Crippen molar-refractivity contribution < 1.29 is 13.2 Å². The Morgan fingerprint density at radius 3 is 2.33 bits per heavy atom. The van der Waals surface area contributed by atoms with Gasteiger partial charge in [0, 0.05) is 33.3 Å². The van der Waals surface area contributed by atoms with Crippen molar-refractivity contribution in [2.75, 3.05) is 11.1 Å². The summed E-state index contributed by atoms with van der Waals surface area (Å²) in [5.41, 5.74) is 1.37. The molecule has 0 bridgehead atoms. The molecule has 3 rings (SSSR count). The molecule has 0 radical (unpaired) electrons. The first-order chi connectivity index (χ1) is 13.9. The number of aryl methyl sites for hydroxylation is 4. The molecule has 1 amide bonds. The van der Waals surface area contributed by atoms with Gasteiger partial charge in [-0.25, -0.2) is 18.2 Å². The van der Waals surface area contributed by atoms with Gasteiger partial charge in [-0.05, 0) is 37.1 Å². The highest BCUT2D eigenvalue weighted by molar-refractivity contribution is 7.91. The first-order valence-electron chi connectivity index (χ1n) is 9.16. The number of nitrogens with zero attached hydrogens (tertiary/aromatic N) is 4. The molecule has 0 fully saturated rings. The highest BCUT2D eigenvalue weighted by atomic mass is 32.2. The van der Waals surface area contributed by atoms with E-state index in [0.29, 0.717) is 5.69 Å². The molecule has 2 aromatic heterocycles. The molecular weight excluding hydrogens is 410 g/mol. The van der Waals surface area contributed by atoms with Crippen LogP contribution in [0.2, 0.25) is 0 Å². The van der Waals surface area contributed by atoms with E-state index in [0.717, 1.165) is 20.3 Å². The molecule has 30 heavy (non-hydrogen) atoms. The van der Waals surface area contributed by atoms with E-state index in [4.69, 9.17) is 0 Å². The first-order valence-corrected chi connectivity index (χ1v) is 10.8. The number of carbonyl (C=O) groups is 1. The van der Waals surface area contributed by atoms with Gasteiger partial charge in [-0.15, -0.1) is 0 Å². The third-order valence-electron chi connectivity index (χ3n) is 5.09. The number of anilines is 1. The molecule has 1 N–H and O–H groups in total. The normalized spacial score (nSPS) is 11.8. The summed E-state index contributed by atoms with van der Waals surface area (Å²) >= 11 is 0. The van der Waals surface area contributed by atoms with Crippen LogP contribution in [0, 0.1) is 13.8 Å². The van der Waals surface area contributed by atoms with Crippen molar-refractivity contribution in [2.45, 2.75) is 25.4 Å². The van der Waals surface area contributed by atoms with Gasteiger partial charge in [0.2, 0.25) is 20.9 Å². The molecule has 0 aliphatic carbocycles. The number of imidazole rings is 1. The van der Waals surface area contributed by atoms with Crippen molar-refractivity contribution in [3.8, 4) is 0 Å². The maximum absolute atomic E-state index is 12.8. The van der Waals surface area contributed by atoms with Crippen molar-refractivity contribution in [1.82, 2.24) is 18.7 Å². The second kappa shape index (κ2) is 7.56. The number of benzene rings is 1. The molecule has 0 saturated carbocycles. The van der Waals surface area contributed by atoms with Crippen molar-refractivity contribution >= 4 is 32.6 Å². The molecule has 10 nitrogen and oxygen atoms in total. The number of fused-ring (bicyclic) bond motifs is 1. The molecular formula is C19H23N5O5S. The Labute approximate surface area is 172 Å². The summed E-state index contributed by atoms with van der Waals surface area (Å²) in [4.78, 5) is 40.7. The summed E-state index contributed by atoms with van der Waals surface area (Å²) in [5.74, 6) is -0.946. The second-order valence-corrected chi connectivity index (χ2v) is 9.25. The summed E-state index contributed by atoms with van der Waals surface area (Å²) in [6, 6.07) is 5.42. The zero-order valence-electron chi connectivity index (χ0n) is 17.4. The maximum Gasteiger partial charge on any atom is 0.332 e. The zero-order valence-corrected chi connectivity index (χ0v) is 18.2. The Kier molecular flexibility index (Phi) is 5.42. The lowest BCUT2D eigenvalue weighted by atomic mass is 10.1. The SMILES string of the molecule is Cc1ccc(NC(=O)CCS(=O)(=O)c2nc3c(=O)n(C)c(=O)n(C)c3n2C)cc1C. The third-order valence-corrected chi connectivity index (χ3v) is 6.75. The molecule has 0 atom stereocenters. The van der Waals surface area contributed by atoms with Crippen LogP contribution < -0.4 is 16.6 Å². The Bertz CT molecular complexity index is 1400. The zero-order chi connectivity index (χ0) is 22.4. The monoisotopic (exact) mass is 433 g/mol. The van der Waals surface area contributed by atoms with Crippen LogP contribution in [0.1, 0.15) is 17.5 Å². The third kappa shape index (κ3) is 3.67. The predicted octanol–water partition coefficient (Wildman–Crippen LogP) is 0.390. The highest BCUT2D eigenvalue weighted by Crippen LogP contribution is 2.17. The van der Waals surface area contributed by atoms with Crippen LogP contribution >= 0.6 is 0 Å². The van der Waals surface area contributed by atoms with Crippen LogP contribution in [0.15, 0.2) is 32.9 Å². The van der Waals surface area contributed by atoms with Crippen molar-refractivity contribution in [3.05, 3.63) is 50.2 Å². The van der Waals surface area contributed by atoms with Gasteiger partial charge < -0.3 is 9.88 Å². The van der Waals surface area contributed by atoms with E-state index in [1.807, 2.05) is 26.0 Å². The number of hydrogen-bond donors (Lipinski definition) is 1. The lowest BCUT2D eigenvalue weighted by Crippen LogP contribution is -2.37. The number of carbonyl (C=O) groups excluding carboxylic acids is 1. The van der Waals surface area contributed by atoms with Crippen molar-refractivity contribution in [3.63, 3.8) is 0 Å². The quantitative estimate of drug-likeness (QED) is 0.621. The van der Waals surface area contributed by atoms with Crippen LogP contribution in [0.5, 0.6) is 0 Å². The number of hydrogen-bond acceptors (Lipinski definition) is 6.